The van der Waals surface area contributed by atoms with Crippen LogP contribution in [0.25, 0.3) is 0 Å². The van der Waals surface area contributed by atoms with Crippen LogP contribution in [0.2, 0.25) is 0 Å². The fourth-order valence-electron chi connectivity index (χ4n) is 1.01. The molecule has 14 heavy (non-hydrogen) atoms. The first-order valence-electron chi connectivity index (χ1n) is 4.74. The Kier molecular flexibility index (Phi) is 4.18. The molecule has 0 aliphatic carbocycles. The zero-order chi connectivity index (χ0) is 10.4. The summed E-state index contributed by atoms with van der Waals surface area (Å²) in [6.07, 6.45) is -0.00910. The Morgan fingerprint density at radius 1 is 1.36 bits per heavy atom. The topological polar surface area (TPSA) is 46.2 Å². The van der Waals surface area contributed by atoms with Crippen molar-refractivity contribution < 1.29 is 5.11 Å². The first kappa shape index (κ1) is 10.8. The minimum absolute atomic E-state index is 0.258. The van der Waals surface area contributed by atoms with E-state index in [0.717, 1.165) is 12.0 Å². The third-order valence-corrected chi connectivity index (χ3v) is 2.02. The van der Waals surface area contributed by atoms with Gasteiger partial charge in [-0.25, -0.2) is 0 Å². The van der Waals surface area contributed by atoms with Crippen LogP contribution in [0.3, 0.4) is 0 Å². The molecule has 0 aliphatic heterocycles. The van der Waals surface area contributed by atoms with Crippen molar-refractivity contribution in [2.45, 2.75) is 25.5 Å². The monoisotopic (exact) mass is 189 g/mol. The van der Waals surface area contributed by atoms with Gasteiger partial charge in [-0.15, -0.1) is 0 Å². The van der Waals surface area contributed by atoms with E-state index < -0.39 is 6.10 Å². The standard InChI is InChI=1S/C12H15NO/c1-2-11(13)12(14)9-8-10-6-4-3-5-7-10/h3-7,11-12,14H,2,13H2,1H3/t11-,12?/m1/s1. The SMILES string of the molecule is CC[C@@H](N)C(O)C#Cc1ccccc1. The molecule has 1 aromatic carbocycles. The predicted molar refractivity (Wildman–Crippen MR) is 57.6 cm³/mol. The number of nitrogens with two attached hydrogens (primary N) is 1. The summed E-state index contributed by atoms with van der Waals surface area (Å²) in [6, 6.07) is 9.30. The second-order valence-electron chi connectivity index (χ2n) is 3.15. The van der Waals surface area contributed by atoms with Gasteiger partial charge in [0.15, 0.2) is 0 Å². The molecule has 0 aliphatic rings. The summed E-state index contributed by atoms with van der Waals surface area (Å²) in [5.41, 5.74) is 6.53. The molecule has 74 valence electrons. The summed E-state index contributed by atoms with van der Waals surface area (Å²) < 4.78 is 0. The number of hydrogen-bond donors (Lipinski definition) is 2. The Hall–Kier alpha value is -1.30. The first-order valence-corrected chi connectivity index (χ1v) is 4.74. The number of benzene rings is 1. The minimum Gasteiger partial charge on any atom is -0.379 e. The zero-order valence-electron chi connectivity index (χ0n) is 8.27. The third-order valence-electron chi connectivity index (χ3n) is 2.02. The van der Waals surface area contributed by atoms with Gasteiger partial charge in [-0.3, -0.25) is 0 Å². The molecule has 1 rings (SSSR count). The van der Waals surface area contributed by atoms with Crippen molar-refractivity contribution in [3.63, 3.8) is 0 Å². The summed E-state index contributed by atoms with van der Waals surface area (Å²) in [7, 11) is 0. The minimum atomic E-state index is -0.736. The van der Waals surface area contributed by atoms with Gasteiger partial charge in [-0.2, -0.15) is 0 Å². The highest BCUT2D eigenvalue weighted by molar-refractivity contribution is 5.34. The average molecular weight is 189 g/mol. The van der Waals surface area contributed by atoms with Crippen LogP contribution in [0.1, 0.15) is 18.9 Å². The average Bonchev–Trinajstić information content (AvgIpc) is 2.26. The second kappa shape index (κ2) is 5.43. The zero-order valence-corrected chi connectivity index (χ0v) is 8.27. The smallest absolute Gasteiger partial charge is 0.130 e. The second-order valence-corrected chi connectivity index (χ2v) is 3.15. The van der Waals surface area contributed by atoms with Gasteiger partial charge in [0.25, 0.3) is 0 Å². The summed E-state index contributed by atoms with van der Waals surface area (Å²) in [4.78, 5) is 0. The molecule has 0 aromatic heterocycles. The van der Waals surface area contributed by atoms with Crippen molar-refractivity contribution in [1.82, 2.24) is 0 Å². The normalized spacial score (nSPS) is 13.9. The Balaban J connectivity index is 2.64. The van der Waals surface area contributed by atoms with Gasteiger partial charge in [0.1, 0.15) is 6.10 Å². The molecule has 3 N–H and O–H groups in total. The van der Waals surface area contributed by atoms with E-state index in [4.69, 9.17) is 5.73 Å². The van der Waals surface area contributed by atoms with E-state index in [-0.39, 0.29) is 6.04 Å². The maximum absolute atomic E-state index is 9.48. The molecule has 0 heterocycles. The van der Waals surface area contributed by atoms with Crippen molar-refractivity contribution in [1.29, 1.82) is 0 Å². The quantitative estimate of drug-likeness (QED) is 0.685. The van der Waals surface area contributed by atoms with E-state index in [9.17, 15) is 5.11 Å². The van der Waals surface area contributed by atoms with Crippen molar-refractivity contribution in [2.75, 3.05) is 0 Å². The van der Waals surface area contributed by atoms with E-state index in [1.807, 2.05) is 37.3 Å². The molecule has 0 radical (unpaired) electrons. The van der Waals surface area contributed by atoms with Gasteiger partial charge in [-0.05, 0) is 18.6 Å². The molecule has 0 saturated heterocycles. The fourth-order valence-corrected chi connectivity index (χ4v) is 1.01. The van der Waals surface area contributed by atoms with Crippen molar-refractivity contribution >= 4 is 0 Å². The summed E-state index contributed by atoms with van der Waals surface area (Å²) in [5.74, 6) is 5.61. The van der Waals surface area contributed by atoms with E-state index in [2.05, 4.69) is 11.8 Å². The van der Waals surface area contributed by atoms with Gasteiger partial charge in [0.05, 0.1) is 0 Å². The van der Waals surface area contributed by atoms with Gasteiger partial charge >= 0.3 is 0 Å². The molecular weight excluding hydrogens is 174 g/mol. The Bertz CT molecular complexity index is 323. The van der Waals surface area contributed by atoms with E-state index >= 15 is 0 Å². The van der Waals surface area contributed by atoms with Crippen LogP contribution in [-0.2, 0) is 0 Å². The summed E-state index contributed by atoms with van der Waals surface area (Å²) in [6.45, 7) is 1.93. The molecule has 1 unspecified atom stereocenters. The lowest BCUT2D eigenvalue weighted by Crippen LogP contribution is -2.32. The fraction of sp³-hybridized carbons (Fsp3) is 0.333. The van der Waals surface area contributed by atoms with Crippen LogP contribution in [0.5, 0.6) is 0 Å². The van der Waals surface area contributed by atoms with Crippen LogP contribution in [0.15, 0.2) is 30.3 Å². The van der Waals surface area contributed by atoms with Crippen molar-refractivity contribution in [3.8, 4) is 11.8 Å². The molecule has 0 amide bonds. The number of aliphatic hydroxyl groups is 1. The molecule has 2 atom stereocenters. The van der Waals surface area contributed by atoms with E-state index in [1.165, 1.54) is 0 Å². The maximum atomic E-state index is 9.48. The highest BCUT2D eigenvalue weighted by Gasteiger charge is 2.07. The Labute approximate surface area is 84.8 Å². The molecule has 1 aromatic rings. The summed E-state index contributed by atoms with van der Waals surface area (Å²) >= 11 is 0. The predicted octanol–water partition coefficient (Wildman–Crippen LogP) is 1.14. The number of hydrogen-bond acceptors (Lipinski definition) is 2. The lowest BCUT2D eigenvalue weighted by atomic mass is 10.1. The van der Waals surface area contributed by atoms with Gasteiger partial charge in [-0.1, -0.05) is 37.0 Å². The highest BCUT2D eigenvalue weighted by Crippen LogP contribution is 1.97. The first-order chi connectivity index (χ1) is 6.74. The van der Waals surface area contributed by atoms with Gasteiger partial charge in [0.2, 0.25) is 0 Å². The molecule has 0 saturated carbocycles. The lowest BCUT2D eigenvalue weighted by molar-refractivity contribution is 0.198. The molecular formula is C12H15NO. The van der Waals surface area contributed by atoms with E-state index in [0.29, 0.717) is 0 Å². The molecule has 0 spiro atoms. The Morgan fingerprint density at radius 3 is 2.57 bits per heavy atom. The largest absolute Gasteiger partial charge is 0.379 e. The molecule has 0 bridgehead atoms. The number of aliphatic hydroxyl groups excluding tert-OH is 1. The van der Waals surface area contributed by atoms with Crippen LogP contribution in [0, 0.1) is 11.8 Å². The van der Waals surface area contributed by atoms with Crippen LogP contribution < -0.4 is 5.73 Å². The summed E-state index contributed by atoms with van der Waals surface area (Å²) in [5, 5.41) is 9.48. The molecule has 0 fully saturated rings. The van der Waals surface area contributed by atoms with Gasteiger partial charge in [0, 0.05) is 11.6 Å². The van der Waals surface area contributed by atoms with Crippen LogP contribution in [0.4, 0.5) is 0 Å². The van der Waals surface area contributed by atoms with E-state index in [1.54, 1.807) is 0 Å². The number of rotatable bonds is 2. The van der Waals surface area contributed by atoms with Gasteiger partial charge < -0.3 is 10.8 Å². The highest BCUT2D eigenvalue weighted by atomic mass is 16.3. The Morgan fingerprint density at radius 2 is 2.00 bits per heavy atom. The molecule has 2 nitrogen and oxygen atoms in total. The van der Waals surface area contributed by atoms with Crippen molar-refractivity contribution in [3.05, 3.63) is 35.9 Å². The maximum Gasteiger partial charge on any atom is 0.130 e. The molecule has 2 heteroatoms. The van der Waals surface area contributed by atoms with Crippen LogP contribution in [-0.4, -0.2) is 17.3 Å². The van der Waals surface area contributed by atoms with Crippen LogP contribution >= 0.6 is 0 Å². The third kappa shape index (κ3) is 3.21. The van der Waals surface area contributed by atoms with Crippen molar-refractivity contribution in [2.24, 2.45) is 5.73 Å². The lowest BCUT2D eigenvalue weighted by Gasteiger charge is -2.09.